The van der Waals surface area contributed by atoms with E-state index in [4.69, 9.17) is 0 Å². The van der Waals surface area contributed by atoms with Crippen molar-refractivity contribution in [1.82, 2.24) is 14.3 Å². The number of aromatic nitrogens is 2. The molecule has 2 heterocycles. The Labute approximate surface area is 161 Å². The molecule has 0 spiro atoms. The first-order valence-corrected chi connectivity index (χ1v) is 8.98. The van der Waals surface area contributed by atoms with Gasteiger partial charge in [-0.1, -0.05) is 36.4 Å². The number of anilines is 1. The molecule has 2 aromatic carbocycles. The molecule has 0 saturated carbocycles. The second-order valence-electron chi connectivity index (χ2n) is 6.80. The molecule has 7 heteroatoms. The number of benzene rings is 2. The van der Waals surface area contributed by atoms with Crippen molar-refractivity contribution in [2.24, 2.45) is 7.05 Å². The van der Waals surface area contributed by atoms with Gasteiger partial charge in [0, 0.05) is 19.2 Å². The summed E-state index contributed by atoms with van der Waals surface area (Å²) in [5.74, 6) is -0.565. The summed E-state index contributed by atoms with van der Waals surface area (Å²) < 4.78 is 3.20. The minimum atomic E-state index is -0.396. The van der Waals surface area contributed by atoms with Crippen molar-refractivity contribution >= 4 is 17.5 Å². The molecule has 0 bridgehead atoms. The maximum atomic E-state index is 12.9. The lowest BCUT2D eigenvalue weighted by molar-refractivity contribution is -0.116. The van der Waals surface area contributed by atoms with Gasteiger partial charge >= 0.3 is 0 Å². The van der Waals surface area contributed by atoms with Crippen LogP contribution in [0.5, 0.6) is 0 Å². The lowest BCUT2D eigenvalue weighted by Crippen LogP contribution is -2.34. The standard InChI is InChI=1S/C21H20N4O3/c1-14-19(21(28)25(23(14)2)16-9-4-3-5-10-16)22-18(26)13-24-12-15-8-6-7-11-17(15)20(24)27/h3-11H,12-13H2,1-2H3,(H,22,26). The molecule has 28 heavy (non-hydrogen) atoms. The van der Waals surface area contributed by atoms with Crippen LogP contribution in [-0.2, 0) is 18.4 Å². The van der Waals surface area contributed by atoms with E-state index in [-0.39, 0.29) is 23.7 Å². The Balaban J connectivity index is 1.55. The van der Waals surface area contributed by atoms with Crippen LogP contribution in [0, 0.1) is 6.92 Å². The Morgan fingerprint density at radius 2 is 1.71 bits per heavy atom. The van der Waals surface area contributed by atoms with Crippen LogP contribution >= 0.6 is 0 Å². The van der Waals surface area contributed by atoms with Gasteiger partial charge in [0.15, 0.2) is 0 Å². The highest BCUT2D eigenvalue weighted by Gasteiger charge is 2.29. The van der Waals surface area contributed by atoms with Crippen molar-refractivity contribution in [3.8, 4) is 5.69 Å². The van der Waals surface area contributed by atoms with Gasteiger partial charge in [0.25, 0.3) is 11.5 Å². The number of carbonyl (C=O) groups is 2. The molecule has 1 aliphatic heterocycles. The van der Waals surface area contributed by atoms with E-state index in [2.05, 4.69) is 5.32 Å². The van der Waals surface area contributed by atoms with E-state index >= 15 is 0 Å². The van der Waals surface area contributed by atoms with Crippen LogP contribution in [0.2, 0.25) is 0 Å². The minimum absolute atomic E-state index is 0.105. The molecule has 0 aliphatic carbocycles. The van der Waals surface area contributed by atoms with E-state index in [0.29, 0.717) is 23.5 Å². The fourth-order valence-corrected chi connectivity index (χ4v) is 3.51. The average Bonchev–Trinajstić information content (AvgIpc) is 3.12. The lowest BCUT2D eigenvalue weighted by Gasteiger charge is -2.14. The zero-order valence-corrected chi connectivity index (χ0v) is 15.7. The van der Waals surface area contributed by atoms with Crippen LogP contribution in [0.25, 0.3) is 5.69 Å². The van der Waals surface area contributed by atoms with Crippen LogP contribution < -0.4 is 10.9 Å². The smallest absolute Gasteiger partial charge is 0.295 e. The maximum Gasteiger partial charge on any atom is 0.295 e. The third kappa shape index (κ3) is 2.90. The first-order valence-electron chi connectivity index (χ1n) is 8.98. The number of carbonyl (C=O) groups excluding carboxylic acids is 2. The molecule has 0 radical (unpaired) electrons. The van der Waals surface area contributed by atoms with Gasteiger partial charge in [0.2, 0.25) is 5.91 Å². The topological polar surface area (TPSA) is 76.3 Å². The van der Waals surface area contributed by atoms with E-state index < -0.39 is 5.91 Å². The summed E-state index contributed by atoms with van der Waals surface area (Å²) in [4.78, 5) is 39.4. The first-order chi connectivity index (χ1) is 13.5. The first kappa shape index (κ1) is 17.8. The minimum Gasteiger partial charge on any atom is -0.325 e. The largest absolute Gasteiger partial charge is 0.325 e. The summed E-state index contributed by atoms with van der Waals surface area (Å²) in [6, 6.07) is 16.5. The van der Waals surface area contributed by atoms with Gasteiger partial charge in [-0.15, -0.1) is 0 Å². The van der Waals surface area contributed by atoms with Crippen molar-refractivity contribution in [3.63, 3.8) is 0 Å². The van der Waals surface area contributed by atoms with Gasteiger partial charge < -0.3 is 10.2 Å². The van der Waals surface area contributed by atoms with Crippen LogP contribution in [0.4, 0.5) is 5.69 Å². The molecule has 7 nitrogen and oxygen atoms in total. The Kier molecular flexibility index (Phi) is 4.35. The summed E-state index contributed by atoms with van der Waals surface area (Å²) >= 11 is 0. The highest BCUT2D eigenvalue weighted by Crippen LogP contribution is 2.22. The Morgan fingerprint density at radius 3 is 2.43 bits per heavy atom. The van der Waals surface area contributed by atoms with Crippen LogP contribution in [-0.4, -0.2) is 32.6 Å². The highest BCUT2D eigenvalue weighted by atomic mass is 16.2. The number of para-hydroxylation sites is 1. The SMILES string of the molecule is Cc1c(NC(=O)CN2Cc3ccccc3C2=O)c(=O)n(-c2ccccc2)n1C. The van der Waals surface area contributed by atoms with Gasteiger partial charge in [-0.3, -0.25) is 19.1 Å². The number of nitrogens with zero attached hydrogens (tertiary/aromatic N) is 3. The van der Waals surface area contributed by atoms with E-state index in [9.17, 15) is 14.4 Å². The number of amides is 2. The molecule has 2 amide bonds. The predicted octanol–water partition coefficient (Wildman–Crippen LogP) is 2.08. The number of nitrogens with one attached hydrogen (secondary N) is 1. The van der Waals surface area contributed by atoms with Gasteiger partial charge in [0.1, 0.15) is 12.2 Å². The van der Waals surface area contributed by atoms with Gasteiger partial charge in [0.05, 0.1) is 11.4 Å². The maximum absolute atomic E-state index is 12.9. The summed E-state index contributed by atoms with van der Waals surface area (Å²) in [6.07, 6.45) is 0. The number of hydrogen-bond donors (Lipinski definition) is 1. The van der Waals surface area contributed by atoms with Gasteiger partial charge in [-0.05, 0) is 30.7 Å². The van der Waals surface area contributed by atoms with Crippen molar-refractivity contribution in [1.29, 1.82) is 0 Å². The van der Waals surface area contributed by atoms with E-state index in [0.717, 1.165) is 5.56 Å². The fourth-order valence-electron chi connectivity index (χ4n) is 3.51. The van der Waals surface area contributed by atoms with Crippen molar-refractivity contribution in [2.45, 2.75) is 13.5 Å². The normalized spacial score (nSPS) is 12.9. The zero-order chi connectivity index (χ0) is 19.8. The average molecular weight is 376 g/mol. The monoisotopic (exact) mass is 376 g/mol. The van der Waals surface area contributed by atoms with Crippen molar-refractivity contribution < 1.29 is 9.59 Å². The van der Waals surface area contributed by atoms with Gasteiger partial charge in [-0.25, -0.2) is 4.68 Å². The fraction of sp³-hybridized carbons (Fsp3) is 0.190. The molecule has 142 valence electrons. The molecular formula is C21H20N4O3. The van der Waals surface area contributed by atoms with Crippen LogP contribution in [0.1, 0.15) is 21.6 Å². The highest BCUT2D eigenvalue weighted by molar-refractivity contribution is 6.02. The summed E-state index contributed by atoms with van der Waals surface area (Å²) in [5.41, 5.74) is 2.79. The second-order valence-corrected chi connectivity index (χ2v) is 6.80. The molecule has 1 N–H and O–H groups in total. The van der Waals surface area contributed by atoms with Crippen LogP contribution in [0.15, 0.2) is 59.4 Å². The predicted molar refractivity (Wildman–Crippen MR) is 106 cm³/mol. The Bertz CT molecular complexity index is 1130. The summed E-state index contributed by atoms with van der Waals surface area (Å²) in [5, 5.41) is 2.70. The number of fused-ring (bicyclic) bond motifs is 1. The van der Waals surface area contributed by atoms with Gasteiger partial charge in [-0.2, -0.15) is 0 Å². The Morgan fingerprint density at radius 1 is 1.04 bits per heavy atom. The third-order valence-electron chi connectivity index (χ3n) is 5.05. The molecule has 1 aromatic heterocycles. The zero-order valence-electron chi connectivity index (χ0n) is 15.7. The Hall–Kier alpha value is -3.61. The molecule has 0 atom stereocenters. The molecule has 1 aliphatic rings. The molecule has 4 rings (SSSR count). The third-order valence-corrected chi connectivity index (χ3v) is 5.05. The molecule has 3 aromatic rings. The second kappa shape index (κ2) is 6.84. The van der Waals surface area contributed by atoms with Crippen molar-refractivity contribution in [3.05, 3.63) is 81.8 Å². The summed E-state index contributed by atoms with van der Waals surface area (Å²) in [6.45, 7) is 2.06. The van der Waals surface area contributed by atoms with E-state index in [1.807, 2.05) is 42.5 Å². The van der Waals surface area contributed by atoms with Crippen LogP contribution in [0.3, 0.4) is 0 Å². The molecule has 0 saturated heterocycles. The summed E-state index contributed by atoms with van der Waals surface area (Å²) in [7, 11) is 1.76. The number of rotatable bonds is 4. The van der Waals surface area contributed by atoms with Crippen molar-refractivity contribution in [2.75, 3.05) is 11.9 Å². The van der Waals surface area contributed by atoms with E-state index in [1.54, 1.807) is 30.8 Å². The number of hydrogen-bond acceptors (Lipinski definition) is 3. The molecule has 0 fully saturated rings. The van der Waals surface area contributed by atoms with E-state index in [1.165, 1.54) is 9.58 Å². The quantitative estimate of drug-likeness (QED) is 0.757. The molecule has 0 unspecified atom stereocenters. The lowest BCUT2D eigenvalue weighted by atomic mass is 10.1. The molecular weight excluding hydrogens is 356 g/mol.